The highest BCUT2D eigenvalue weighted by Gasteiger charge is 2.06. The summed E-state index contributed by atoms with van der Waals surface area (Å²) in [6.45, 7) is 3.72. The number of aryl methyl sites for hydroxylation is 1. The Kier molecular flexibility index (Phi) is 6.19. The van der Waals surface area contributed by atoms with E-state index in [9.17, 15) is 4.79 Å². The molecule has 2 aromatic carbocycles. The smallest absolute Gasteiger partial charge is 0.277 e. The van der Waals surface area contributed by atoms with E-state index in [1.165, 1.54) is 5.56 Å². The molecule has 0 heterocycles. The van der Waals surface area contributed by atoms with Crippen LogP contribution in [0.4, 0.5) is 0 Å². The lowest BCUT2D eigenvalue weighted by atomic mass is 10.1. The van der Waals surface area contributed by atoms with Gasteiger partial charge in [-0.1, -0.05) is 41.4 Å². The van der Waals surface area contributed by atoms with Gasteiger partial charge in [-0.15, -0.1) is 0 Å². The van der Waals surface area contributed by atoms with Crippen LogP contribution in [-0.2, 0) is 4.79 Å². The lowest BCUT2D eigenvalue weighted by Crippen LogP contribution is -2.25. The molecule has 0 unspecified atom stereocenters. The van der Waals surface area contributed by atoms with Crippen LogP contribution in [0.1, 0.15) is 18.1 Å². The molecule has 0 bridgehead atoms. The van der Waals surface area contributed by atoms with E-state index in [0.29, 0.717) is 15.2 Å². The topological polar surface area (TPSA) is 50.7 Å². The van der Waals surface area contributed by atoms with Crippen molar-refractivity contribution in [1.29, 1.82) is 0 Å². The van der Waals surface area contributed by atoms with Crippen molar-refractivity contribution in [2.24, 2.45) is 5.10 Å². The molecule has 0 aliphatic heterocycles. The molecule has 0 atom stereocenters. The zero-order valence-electron chi connectivity index (χ0n) is 12.8. The number of halogens is 2. The maximum absolute atomic E-state index is 11.8. The Hall–Kier alpha value is -1.85. The molecule has 6 heteroatoms. The van der Waals surface area contributed by atoms with Gasteiger partial charge in [-0.05, 0) is 53.5 Å². The normalized spacial score (nSPS) is 11.2. The maximum Gasteiger partial charge on any atom is 0.277 e. The zero-order chi connectivity index (χ0) is 16.8. The molecule has 0 spiro atoms. The molecule has 2 aromatic rings. The standard InChI is InChI=1S/C17H16BrClN2O2/c1-11-3-5-13(6-4-11)12(2)20-21-17(22)10-23-16-8-7-14(19)9-15(16)18/h3-9H,10H2,1-2H3,(H,21,22). The fraction of sp³-hybridized carbons (Fsp3) is 0.176. The molecule has 1 N–H and O–H groups in total. The first kappa shape index (κ1) is 17.5. The van der Waals surface area contributed by atoms with Gasteiger partial charge in [0.05, 0.1) is 10.2 Å². The van der Waals surface area contributed by atoms with Crippen LogP contribution in [0.5, 0.6) is 5.75 Å². The third-order valence-corrected chi connectivity index (χ3v) is 3.93. The number of ether oxygens (including phenoxy) is 1. The third-order valence-electron chi connectivity index (χ3n) is 3.07. The lowest BCUT2D eigenvalue weighted by molar-refractivity contribution is -0.123. The number of carbonyl (C=O) groups excluding carboxylic acids is 1. The van der Waals surface area contributed by atoms with Crippen LogP contribution in [-0.4, -0.2) is 18.2 Å². The summed E-state index contributed by atoms with van der Waals surface area (Å²) in [7, 11) is 0. The second-order valence-corrected chi connectivity index (χ2v) is 6.25. The summed E-state index contributed by atoms with van der Waals surface area (Å²) < 4.78 is 6.11. The molecule has 4 nitrogen and oxygen atoms in total. The zero-order valence-corrected chi connectivity index (χ0v) is 15.1. The number of hydrazone groups is 1. The Balaban J connectivity index is 1.89. The maximum atomic E-state index is 11.8. The minimum atomic E-state index is -0.335. The van der Waals surface area contributed by atoms with Gasteiger partial charge in [0.25, 0.3) is 5.91 Å². The lowest BCUT2D eigenvalue weighted by Gasteiger charge is -2.08. The van der Waals surface area contributed by atoms with Crippen molar-refractivity contribution < 1.29 is 9.53 Å². The number of benzene rings is 2. The van der Waals surface area contributed by atoms with Gasteiger partial charge < -0.3 is 4.74 Å². The summed E-state index contributed by atoms with van der Waals surface area (Å²) in [5, 5.41) is 4.67. The monoisotopic (exact) mass is 394 g/mol. The van der Waals surface area contributed by atoms with Crippen molar-refractivity contribution >= 4 is 39.1 Å². The summed E-state index contributed by atoms with van der Waals surface area (Å²) in [6.07, 6.45) is 0. The van der Waals surface area contributed by atoms with Crippen LogP contribution in [0.25, 0.3) is 0 Å². The highest BCUT2D eigenvalue weighted by Crippen LogP contribution is 2.27. The van der Waals surface area contributed by atoms with Gasteiger partial charge in [0.2, 0.25) is 0 Å². The second kappa shape index (κ2) is 8.13. The first-order valence-corrected chi connectivity index (χ1v) is 8.11. The van der Waals surface area contributed by atoms with Crippen LogP contribution in [0.15, 0.2) is 52.0 Å². The van der Waals surface area contributed by atoms with Crippen molar-refractivity contribution in [2.75, 3.05) is 6.61 Å². The van der Waals surface area contributed by atoms with E-state index in [4.69, 9.17) is 16.3 Å². The quantitative estimate of drug-likeness (QED) is 0.605. The summed E-state index contributed by atoms with van der Waals surface area (Å²) in [5.74, 6) is 0.210. The number of nitrogens with one attached hydrogen (secondary N) is 1. The molecule has 0 radical (unpaired) electrons. The van der Waals surface area contributed by atoms with E-state index in [2.05, 4.69) is 26.5 Å². The van der Waals surface area contributed by atoms with Gasteiger partial charge in [0, 0.05) is 5.02 Å². The van der Waals surface area contributed by atoms with E-state index in [1.807, 2.05) is 38.1 Å². The number of hydrogen-bond donors (Lipinski definition) is 1. The Morgan fingerprint density at radius 1 is 1.26 bits per heavy atom. The van der Waals surface area contributed by atoms with Gasteiger partial charge in [-0.2, -0.15) is 5.10 Å². The molecule has 0 aliphatic carbocycles. The molecular weight excluding hydrogens is 380 g/mol. The average Bonchev–Trinajstić information content (AvgIpc) is 2.52. The Bertz CT molecular complexity index is 730. The molecule has 2 rings (SSSR count). The van der Waals surface area contributed by atoms with Crippen molar-refractivity contribution in [2.45, 2.75) is 13.8 Å². The number of rotatable bonds is 5. The predicted octanol–water partition coefficient (Wildman–Crippen LogP) is 4.33. The molecule has 23 heavy (non-hydrogen) atoms. The van der Waals surface area contributed by atoms with Crippen LogP contribution in [0, 0.1) is 6.92 Å². The number of hydrogen-bond acceptors (Lipinski definition) is 3. The van der Waals surface area contributed by atoms with Crippen molar-refractivity contribution in [3.05, 3.63) is 63.1 Å². The van der Waals surface area contributed by atoms with Crippen molar-refractivity contribution in [3.63, 3.8) is 0 Å². The molecular formula is C17H16BrClN2O2. The largest absolute Gasteiger partial charge is 0.483 e. The summed E-state index contributed by atoms with van der Waals surface area (Å²) in [5.41, 5.74) is 5.34. The Morgan fingerprint density at radius 2 is 1.96 bits per heavy atom. The van der Waals surface area contributed by atoms with Crippen LogP contribution in [0.2, 0.25) is 5.02 Å². The summed E-state index contributed by atoms with van der Waals surface area (Å²) >= 11 is 9.18. The first-order chi connectivity index (χ1) is 11.0. The molecule has 120 valence electrons. The third kappa shape index (κ3) is 5.37. The van der Waals surface area contributed by atoms with Crippen LogP contribution in [0.3, 0.4) is 0 Å². The molecule has 0 aliphatic rings. The highest BCUT2D eigenvalue weighted by atomic mass is 79.9. The molecule has 0 aromatic heterocycles. The van der Waals surface area contributed by atoms with E-state index in [-0.39, 0.29) is 12.5 Å². The van der Waals surface area contributed by atoms with E-state index >= 15 is 0 Å². The molecule has 0 saturated heterocycles. The van der Waals surface area contributed by atoms with Crippen molar-refractivity contribution in [3.8, 4) is 5.75 Å². The first-order valence-electron chi connectivity index (χ1n) is 6.94. The molecule has 1 amide bonds. The summed E-state index contributed by atoms with van der Waals surface area (Å²) in [4.78, 5) is 11.8. The van der Waals surface area contributed by atoms with Gasteiger partial charge >= 0.3 is 0 Å². The molecule has 0 fully saturated rings. The fourth-order valence-electron chi connectivity index (χ4n) is 1.77. The van der Waals surface area contributed by atoms with Gasteiger partial charge in [0.1, 0.15) is 5.75 Å². The SMILES string of the molecule is CC(=NNC(=O)COc1ccc(Cl)cc1Br)c1ccc(C)cc1. The van der Waals surface area contributed by atoms with Gasteiger partial charge in [0.15, 0.2) is 6.61 Å². The van der Waals surface area contributed by atoms with Gasteiger partial charge in [-0.3, -0.25) is 4.79 Å². The van der Waals surface area contributed by atoms with Crippen LogP contribution < -0.4 is 10.2 Å². The minimum absolute atomic E-state index is 0.134. The van der Waals surface area contributed by atoms with E-state index in [0.717, 1.165) is 11.3 Å². The number of nitrogens with zero attached hydrogens (tertiary/aromatic N) is 1. The predicted molar refractivity (Wildman–Crippen MR) is 96.2 cm³/mol. The van der Waals surface area contributed by atoms with E-state index in [1.54, 1.807) is 18.2 Å². The fourth-order valence-corrected chi connectivity index (χ4v) is 2.57. The van der Waals surface area contributed by atoms with Crippen LogP contribution >= 0.6 is 27.5 Å². The number of amides is 1. The molecule has 0 saturated carbocycles. The average molecular weight is 396 g/mol. The van der Waals surface area contributed by atoms with Gasteiger partial charge in [-0.25, -0.2) is 5.43 Å². The Morgan fingerprint density at radius 3 is 2.61 bits per heavy atom. The number of carbonyl (C=O) groups is 1. The Labute approximate surface area is 148 Å². The minimum Gasteiger partial charge on any atom is -0.483 e. The van der Waals surface area contributed by atoms with Crippen molar-refractivity contribution in [1.82, 2.24) is 5.43 Å². The highest BCUT2D eigenvalue weighted by molar-refractivity contribution is 9.10. The second-order valence-electron chi connectivity index (χ2n) is 4.96. The van der Waals surface area contributed by atoms with E-state index < -0.39 is 0 Å². The summed E-state index contributed by atoms with van der Waals surface area (Å²) in [6, 6.07) is 13.0.